The highest BCUT2D eigenvalue weighted by Gasteiger charge is 1.88. The van der Waals surface area contributed by atoms with Crippen LogP contribution in [-0.2, 0) is 0 Å². The first-order chi connectivity index (χ1) is 7.20. The predicted molar refractivity (Wildman–Crippen MR) is 69.4 cm³/mol. The van der Waals surface area contributed by atoms with Crippen molar-refractivity contribution in [2.75, 3.05) is 26.2 Å². The first kappa shape index (κ1) is 14.3. The first-order valence-electron chi connectivity index (χ1n) is 5.91. The summed E-state index contributed by atoms with van der Waals surface area (Å²) in [5.74, 6) is 0. The van der Waals surface area contributed by atoms with Gasteiger partial charge in [0.15, 0.2) is 0 Å². The van der Waals surface area contributed by atoms with Gasteiger partial charge in [0.2, 0.25) is 0 Å². The molecule has 0 aliphatic rings. The van der Waals surface area contributed by atoms with Gasteiger partial charge >= 0.3 is 0 Å². The lowest BCUT2D eigenvalue weighted by Gasteiger charge is -2.01. The van der Waals surface area contributed by atoms with Crippen molar-refractivity contribution in [3.63, 3.8) is 0 Å². The van der Waals surface area contributed by atoms with Crippen molar-refractivity contribution < 1.29 is 0 Å². The normalized spacial score (nSPS) is 13.3. The molecule has 0 amide bonds. The average Bonchev–Trinajstić information content (AvgIpc) is 2.26. The fraction of sp³-hybridized carbons (Fsp3) is 0.833. The quantitative estimate of drug-likeness (QED) is 0.485. The summed E-state index contributed by atoms with van der Waals surface area (Å²) < 4.78 is 0. The average molecular weight is 211 g/mol. The van der Waals surface area contributed by atoms with Gasteiger partial charge in [-0.25, -0.2) is 0 Å². The van der Waals surface area contributed by atoms with Crippen molar-refractivity contribution in [2.45, 2.75) is 40.5 Å². The van der Waals surface area contributed by atoms with Gasteiger partial charge in [-0.3, -0.25) is 9.98 Å². The highest BCUT2D eigenvalue weighted by Crippen LogP contribution is 1.84. The fourth-order valence-electron chi connectivity index (χ4n) is 1.00. The first-order valence-corrected chi connectivity index (χ1v) is 5.91. The summed E-state index contributed by atoms with van der Waals surface area (Å²) in [4.78, 5) is 8.82. The van der Waals surface area contributed by atoms with Crippen molar-refractivity contribution in [3.8, 4) is 0 Å². The lowest BCUT2D eigenvalue weighted by Crippen LogP contribution is -2.21. The van der Waals surface area contributed by atoms with Gasteiger partial charge in [-0.2, -0.15) is 0 Å². The molecule has 0 aromatic rings. The summed E-state index contributed by atoms with van der Waals surface area (Å²) >= 11 is 0. The zero-order valence-electron chi connectivity index (χ0n) is 10.6. The van der Waals surface area contributed by atoms with Gasteiger partial charge < -0.3 is 5.32 Å². The van der Waals surface area contributed by atoms with Gasteiger partial charge in [-0.15, -0.1) is 0 Å². The van der Waals surface area contributed by atoms with E-state index in [2.05, 4.69) is 43.0 Å². The maximum Gasteiger partial charge on any atom is 0.0513 e. The number of nitrogens with zero attached hydrogens (tertiary/aromatic N) is 2. The molecule has 0 fully saturated rings. The van der Waals surface area contributed by atoms with E-state index < -0.39 is 0 Å². The minimum atomic E-state index is 0.885. The second kappa shape index (κ2) is 9.84. The zero-order chi connectivity index (χ0) is 11.5. The maximum absolute atomic E-state index is 4.41. The Labute approximate surface area is 94.1 Å². The van der Waals surface area contributed by atoms with E-state index in [4.69, 9.17) is 0 Å². The molecule has 15 heavy (non-hydrogen) atoms. The maximum atomic E-state index is 4.41. The number of hydrogen-bond donors (Lipinski definition) is 1. The molecule has 0 rings (SSSR count). The van der Waals surface area contributed by atoms with Crippen molar-refractivity contribution in [2.24, 2.45) is 9.98 Å². The Bertz CT molecular complexity index is 185. The largest absolute Gasteiger partial charge is 0.313 e. The topological polar surface area (TPSA) is 36.8 Å². The molecule has 0 atom stereocenters. The Morgan fingerprint density at radius 1 is 0.867 bits per heavy atom. The van der Waals surface area contributed by atoms with Gasteiger partial charge in [0.1, 0.15) is 0 Å². The SMILES string of the molecule is CC/C(C)=N\CCNCC/N=C(\C)CC. The Morgan fingerprint density at radius 3 is 1.60 bits per heavy atom. The lowest BCUT2D eigenvalue weighted by molar-refractivity contribution is 0.696. The Morgan fingerprint density at radius 2 is 1.27 bits per heavy atom. The van der Waals surface area contributed by atoms with E-state index in [1.165, 1.54) is 11.4 Å². The molecule has 0 heterocycles. The molecule has 0 radical (unpaired) electrons. The second-order valence-corrected chi connectivity index (χ2v) is 3.69. The summed E-state index contributed by atoms with van der Waals surface area (Å²) in [6.07, 6.45) is 2.11. The van der Waals surface area contributed by atoms with Crippen LogP contribution in [0.4, 0.5) is 0 Å². The van der Waals surface area contributed by atoms with Gasteiger partial charge in [0.05, 0.1) is 13.1 Å². The van der Waals surface area contributed by atoms with Gasteiger partial charge in [0, 0.05) is 24.5 Å². The van der Waals surface area contributed by atoms with Crippen LogP contribution < -0.4 is 5.32 Å². The van der Waals surface area contributed by atoms with E-state index in [1.807, 2.05) is 0 Å². The number of aliphatic imine (C=N–C) groups is 2. The summed E-state index contributed by atoms with van der Waals surface area (Å²) in [7, 11) is 0. The molecule has 0 spiro atoms. The van der Waals surface area contributed by atoms with E-state index in [0.29, 0.717) is 0 Å². The van der Waals surface area contributed by atoms with Gasteiger partial charge in [-0.1, -0.05) is 13.8 Å². The summed E-state index contributed by atoms with van der Waals surface area (Å²) in [6.45, 7) is 12.1. The third-order valence-corrected chi connectivity index (χ3v) is 2.36. The number of rotatable bonds is 8. The molecular weight excluding hydrogens is 186 g/mol. The van der Waals surface area contributed by atoms with E-state index in [-0.39, 0.29) is 0 Å². The van der Waals surface area contributed by atoms with Crippen LogP contribution in [0.3, 0.4) is 0 Å². The third kappa shape index (κ3) is 9.60. The smallest absolute Gasteiger partial charge is 0.0513 e. The van der Waals surface area contributed by atoms with E-state index in [0.717, 1.165) is 39.0 Å². The van der Waals surface area contributed by atoms with Crippen LogP contribution in [-0.4, -0.2) is 37.6 Å². The molecule has 3 heteroatoms. The van der Waals surface area contributed by atoms with Gasteiger partial charge in [-0.05, 0) is 26.7 Å². The molecule has 1 N–H and O–H groups in total. The molecule has 0 aliphatic heterocycles. The highest BCUT2D eigenvalue weighted by atomic mass is 14.9. The number of nitrogens with one attached hydrogen (secondary N) is 1. The molecule has 0 aliphatic carbocycles. The molecule has 0 aromatic carbocycles. The molecule has 0 saturated carbocycles. The zero-order valence-corrected chi connectivity index (χ0v) is 10.6. The second-order valence-electron chi connectivity index (χ2n) is 3.69. The van der Waals surface area contributed by atoms with Crippen molar-refractivity contribution in [3.05, 3.63) is 0 Å². The molecule has 0 saturated heterocycles. The van der Waals surface area contributed by atoms with Crippen LogP contribution in [0.2, 0.25) is 0 Å². The van der Waals surface area contributed by atoms with E-state index in [1.54, 1.807) is 0 Å². The summed E-state index contributed by atoms with van der Waals surface area (Å²) in [5, 5.41) is 3.33. The lowest BCUT2D eigenvalue weighted by atomic mass is 10.3. The molecule has 88 valence electrons. The van der Waals surface area contributed by atoms with Crippen LogP contribution >= 0.6 is 0 Å². The predicted octanol–water partition coefficient (Wildman–Crippen LogP) is 2.32. The Balaban J connectivity index is 3.33. The molecule has 0 aromatic heterocycles. The molecule has 0 bridgehead atoms. The molecule has 3 nitrogen and oxygen atoms in total. The highest BCUT2D eigenvalue weighted by molar-refractivity contribution is 5.81. The molecule has 0 unspecified atom stereocenters. The Kier molecular flexibility index (Phi) is 9.38. The van der Waals surface area contributed by atoms with Crippen molar-refractivity contribution in [1.29, 1.82) is 0 Å². The van der Waals surface area contributed by atoms with E-state index >= 15 is 0 Å². The van der Waals surface area contributed by atoms with Crippen LogP contribution in [0.15, 0.2) is 9.98 Å². The van der Waals surface area contributed by atoms with Crippen LogP contribution in [0, 0.1) is 0 Å². The summed E-state index contributed by atoms with van der Waals surface area (Å²) in [5.41, 5.74) is 2.47. The van der Waals surface area contributed by atoms with E-state index in [9.17, 15) is 0 Å². The van der Waals surface area contributed by atoms with Crippen LogP contribution in [0.25, 0.3) is 0 Å². The van der Waals surface area contributed by atoms with Crippen molar-refractivity contribution >= 4 is 11.4 Å². The van der Waals surface area contributed by atoms with Crippen LogP contribution in [0.1, 0.15) is 40.5 Å². The number of hydrogen-bond acceptors (Lipinski definition) is 3. The standard InChI is InChI=1S/C12H25N3/c1-5-11(3)14-9-7-13-8-10-15-12(4)6-2/h13H,5-10H2,1-4H3/b14-11-,15-12+. The molecular formula is C12H25N3. The fourth-order valence-corrected chi connectivity index (χ4v) is 1.00. The minimum absolute atomic E-state index is 0.885. The Hall–Kier alpha value is -0.700. The van der Waals surface area contributed by atoms with Crippen molar-refractivity contribution in [1.82, 2.24) is 5.32 Å². The minimum Gasteiger partial charge on any atom is -0.313 e. The summed E-state index contributed by atoms with van der Waals surface area (Å²) in [6, 6.07) is 0. The van der Waals surface area contributed by atoms with Gasteiger partial charge in [0.25, 0.3) is 0 Å². The van der Waals surface area contributed by atoms with Crippen LogP contribution in [0.5, 0.6) is 0 Å². The monoisotopic (exact) mass is 211 g/mol. The third-order valence-electron chi connectivity index (χ3n) is 2.36.